The molecule has 0 saturated heterocycles. The molecular formula is C70H40N2. The van der Waals surface area contributed by atoms with Gasteiger partial charge in [-0.15, -0.1) is 0 Å². The Morgan fingerprint density at radius 3 is 0.847 bits per heavy atom. The third-order valence-corrected chi connectivity index (χ3v) is 16.4. The van der Waals surface area contributed by atoms with E-state index in [1.165, 1.54) is 153 Å². The fourth-order valence-electron chi connectivity index (χ4n) is 13.5. The summed E-state index contributed by atoms with van der Waals surface area (Å²) in [6, 6.07) is 91.4. The number of nitrogens with zero attached hydrogens (tertiary/aromatic N) is 2. The minimum absolute atomic E-state index is 1.14. The maximum absolute atomic E-state index is 2.50. The van der Waals surface area contributed by atoms with Crippen molar-refractivity contribution in [3.05, 3.63) is 243 Å². The van der Waals surface area contributed by atoms with Crippen LogP contribution in [0.1, 0.15) is 0 Å². The molecule has 2 heterocycles. The number of para-hydroxylation sites is 4. The predicted molar refractivity (Wildman–Crippen MR) is 305 cm³/mol. The molecule has 0 bridgehead atoms. The number of hydrogen-bond acceptors (Lipinski definition) is 0. The summed E-state index contributed by atoms with van der Waals surface area (Å²) in [5.74, 6) is 0. The minimum Gasteiger partial charge on any atom is -0.309 e. The van der Waals surface area contributed by atoms with Crippen LogP contribution in [0.3, 0.4) is 0 Å². The van der Waals surface area contributed by atoms with Crippen LogP contribution in [0.25, 0.3) is 165 Å². The smallest absolute Gasteiger partial charge is 0.0541 e. The van der Waals surface area contributed by atoms with Crippen molar-refractivity contribution in [2.45, 2.75) is 0 Å². The second-order valence-corrected chi connectivity index (χ2v) is 19.8. The lowest BCUT2D eigenvalue weighted by molar-refractivity contribution is 1.18. The molecule has 0 radical (unpaired) electrons. The monoisotopic (exact) mass is 908 g/mol. The van der Waals surface area contributed by atoms with Crippen molar-refractivity contribution in [2.75, 3.05) is 0 Å². The number of benzene rings is 13. The van der Waals surface area contributed by atoms with E-state index in [9.17, 15) is 0 Å². The Hall–Kier alpha value is -9.50. The van der Waals surface area contributed by atoms with E-state index in [4.69, 9.17) is 0 Å². The zero-order chi connectivity index (χ0) is 46.8. The Labute approximate surface area is 414 Å². The highest BCUT2D eigenvalue weighted by Crippen LogP contribution is 2.55. The quantitative estimate of drug-likeness (QED) is 0.156. The molecule has 72 heavy (non-hydrogen) atoms. The van der Waals surface area contributed by atoms with E-state index >= 15 is 0 Å². The van der Waals surface area contributed by atoms with Crippen molar-refractivity contribution < 1.29 is 0 Å². The molecule has 2 aromatic heterocycles. The first-order valence-electron chi connectivity index (χ1n) is 25.1. The first-order valence-corrected chi connectivity index (χ1v) is 25.1. The predicted octanol–water partition coefficient (Wildman–Crippen LogP) is 19.1. The van der Waals surface area contributed by atoms with E-state index in [1.807, 2.05) is 0 Å². The van der Waals surface area contributed by atoms with Crippen LogP contribution in [-0.2, 0) is 0 Å². The molecule has 13 aromatic carbocycles. The average molecular weight is 909 g/mol. The molecule has 0 atom stereocenters. The largest absolute Gasteiger partial charge is 0.309 e. The third kappa shape index (κ3) is 4.93. The minimum atomic E-state index is 1.14. The Morgan fingerprint density at radius 1 is 0.181 bits per heavy atom. The summed E-state index contributed by atoms with van der Waals surface area (Å²) in [7, 11) is 0. The van der Waals surface area contributed by atoms with Gasteiger partial charge in [0.05, 0.1) is 22.1 Å². The summed E-state index contributed by atoms with van der Waals surface area (Å²) < 4.78 is 4.95. The Kier molecular flexibility index (Phi) is 7.49. The highest BCUT2D eigenvalue weighted by molar-refractivity contribution is 6.30. The second kappa shape index (κ2) is 14.1. The Balaban J connectivity index is 1.06. The van der Waals surface area contributed by atoms with Crippen LogP contribution in [0, 0.1) is 0 Å². The van der Waals surface area contributed by atoms with Crippen LogP contribution in [-0.4, -0.2) is 9.13 Å². The van der Waals surface area contributed by atoms with Gasteiger partial charge in [0.2, 0.25) is 0 Å². The molecule has 2 nitrogen and oxygen atoms in total. The van der Waals surface area contributed by atoms with Gasteiger partial charge in [0.15, 0.2) is 0 Å². The lowest BCUT2D eigenvalue weighted by Crippen LogP contribution is -1.99. The van der Waals surface area contributed by atoms with Gasteiger partial charge in [-0.3, -0.25) is 0 Å². The van der Waals surface area contributed by atoms with Crippen molar-refractivity contribution >= 4 is 86.7 Å². The first-order chi connectivity index (χ1) is 35.8. The first kappa shape index (κ1) is 38.4. The van der Waals surface area contributed by atoms with E-state index in [0.29, 0.717) is 0 Å². The van der Waals surface area contributed by atoms with Gasteiger partial charge in [-0.1, -0.05) is 194 Å². The molecule has 2 aliphatic rings. The van der Waals surface area contributed by atoms with Crippen molar-refractivity contribution in [1.82, 2.24) is 9.13 Å². The molecule has 0 amide bonds. The van der Waals surface area contributed by atoms with Crippen LogP contribution in [0.2, 0.25) is 0 Å². The summed E-state index contributed by atoms with van der Waals surface area (Å²) >= 11 is 0. The van der Waals surface area contributed by atoms with Crippen LogP contribution in [0.15, 0.2) is 243 Å². The summed E-state index contributed by atoms with van der Waals surface area (Å²) in [5.41, 5.74) is 22.5. The summed E-state index contributed by atoms with van der Waals surface area (Å²) in [6.45, 7) is 0. The molecule has 2 heteroatoms. The lowest BCUT2D eigenvalue weighted by atomic mass is 9.82. The topological polar surface area (TPSA) is 9.86 Å². The molecule has 15 aromatic rings. The zero-order valence-corrected chi connectivity index (χ0v) is 39.0. The van der Waals surface area contributed by atoms with Crippen molar-refractivity contribution in [1.29, 1.82) is 0 Å². The SMILES string of the molecule is c1ccc2c(c1)-c1cccc3c(-c4c5ccc(-n6c7ccccc7c7ccccc76)cc5c(-c5ccc6c7c(cccc57)-c5ccccc5-6)c5ccc(-n6c7ccccc7c7ccccc76)cc45)ccc-2c13. The normalized spacial score (nSPS) is 12.4. The van der Waals surface area contributed by atoms with Crippen LogP contribution in [0.4, 0.5) is 0 Å². The standard InChI is InChI=1S/C70H40N2/c1-3-17-45-43(15-1)51-23-13-25-53-57(37-35-55(45)67(51)53)69-59-33-31-42(72-65-29-11-7-21-49(65)50-22-8-12-30-66(50)72)40-62(59)70(58-38-36-56-46-18-4-2-16-44(46)52-24-14-26-54(58)68(52)56)60-34-32-41(39-61(60)69)71-63-27-9-5-19-47(63)48-20-6-10-28-64(48)71/h1-40H. The van der Waals surface area contributed by atoms with Gasteiger partial charge in [0.1, 0.15) is 0 Å². The number of aromatic nitrogens is 2. The van der Waals surface area contributed by atoms with Gasteiger partial charge in [-0.2, -0.15) is 0 Å². The van der Waals surface area contributed by atoms with Gasteiger partial charge in [-0.25, -0.2) is 0 Å². The van der Waals surface area contributed by atoms with Gasteiger partial charge < -0.3 is 9.13 Å². The highest BCUT2D eigenvalue weighted by Gasteiger charge is 2.28. The number of rotatable bonds is 4. The molecule has 0 N–H and O–H groups in total. The van der Waals surface area contributed by atoms with E-state index < -0.39 is 0 Å². The molecule has 0 aliphatic heterocycles. The Bertz CT molecular complexity index is 4450. The van der Waals surface area contributed by atoms with E-state index in [0.717, 1.165) is 11.4 Å². The van der Waals surface area contributed by atoms with E-state index in [-0.39, 0.29) is 0 Å². The van der Waals surface area contributed by atoms with E-state index in [1.54, 1.807) is 0 Å². The third-order valence-electron chi connectivity index (χ3n) is 16.4. The zero-order valence-electron chi connectivity index (χ0n) is 39.0. The molecule has 0 unspecified atom stereocenters. The van der Waals surface area contributed by atoms with Crippen molar-refractivity contribution in [2.24, 2.45) is 0 Å². The summed E-state index contributed by atoms with van der Waals surface area (Å²) in [4.78, 5) is 0. The van der Waals surface area contributed by atoms with Crippen LogP contribution < -0.4 is 0 Å². The van der Waals surface area contributed by atoms with Crippen molar-refractivity contribution in [3.8, 4) is 78.1 Å². The van der Waals surface area contributed by atoms with Gasteiger partial charge >= 0.3 is 0 Å². The Morgan fingerprint density at radius 2 is 0.472 bits per heavy atom. The van der Waals surface area contributed by atoms with Crippen LogP contribution in [0.5, 0.6) is 0 Å². The highest BCUT2D eigenvalue weighted by atomic mass is 15.0. The fourth-order valence-corrected chi connectivity index (χ4v) is 13.5. The van der Waals surface area contributed by atoms with Crippen LogP contribution >= 0.6 is 0 Å². The molecular weight excluding hydrogens is 869 g/mol. The molecule has 17 rings (SSSR count). The number of hydrogen-bond donors (Lipinski definition) is 0. The molecule has 0 spiro atoms. The second-order valence-electron chi connectivity index (χ2n) is 19.8. The van der Waals surface area contributed by atoms with Gasteiger partial charge in [-0.05, 0) is 158 Å². The number of fused-ring (bicyclic) bond motifs is 14. The lowest BCUT2D eigenvalue weighted by Gasteiger charge is -2.22. The molecule has 2 aliphatic carbocycles. The molecule has 0 fully saturated rings. The fraction of sp³-hybridized carbons (Fsp3) is 0. The van der Waals surface area contributed by atoms with Gasteiger partial charge in [0.25, 0.3) is 0 Å². The summed E-state index contributed by atoms with van der Waals surface area (Å²) in [5, 5.41) is 15.1. The van der Waals surface area contributed by atoms with Crippen molar-refractivity contribution in [3.63, 3.8) is 0 Å². The molecule has 330 valence electrons. The van der Waals surface area contributed by atoms with Gasteiger partial charge in [0, 0.05) is 32.9 Å². The average Bonchev–Trinajstić information content (AvgIpc) is 4.17. The summed E-state index contributed by atoms with van der Waals surface area (Å²) in [6.07, 6.45) is 0. The maximum Gasteiger partial charge on any atom is 0.0541 e. The molecule has 0 saturated carbocycles. The van der Waals surface area contributed by atoms with E-state index in [2.05, 4.69) is 252 Å². The maximum atomic E-state index is 2.50.